The van der Waals surface area contributed by atoms with E-state index in [0.29, 0.717) is 0 Å². The third kappa shape index (κ3) is 5.11. The number of rotatable bonds is 7. The molecule has 0 saturated heterocycles. The predicted molar refractivity (Wildman–Crippen MR) is 238 cm³/mol. The highest BCUT2D eigenvalue weighted by molar-refractivity contribution is 6.10. The van der Waals surface area contributed by atoms with E-state index in [1.165, 1.54) is 66.3 Å². The van der Waals surface area contributed by atoms with Gasteiger partial charge in [0.15, 0.2) is 0 Å². The molecule has 0 spiro atoms. The van der Waals surface area contributed by atoms with Crippen molar-refractivity contribution in [2.75, 3.05) is 4.90 Å². The van der Waals surface area contributed by atoms with E-state index in [-0.39, 0.29) is 0 Å². The van der Waals surface area contributed by atoms with Gasteiger partial charge in [0.25, 0.3) is 0 Å². The molecule has 1 heterocycles. The van der Waals surface area contributed by atoms with Crippen LogP contribution in [-0.4, -0.2) is 4.57 Å². The fraction of sp³-hybridized carbons (Fsp3) is 0.0182. The van der Waals surface area contributed by atoms with Crippen molar-refractivity contribution in [1.29, 1.82) is 0 Å². The molecule has 0 amide bonds. The summed E-state index contributed by atoms with van der Waals surface area (Å²) in [5.41, 5.74) is 16.6. The minimum absolute atomic E-state index is 0.435. The maximum atomic E-state index is 2.39. The van der Waals surface area contributed by atoms with Gasteiger partial charge < -0.3 is 9.47 Å². The van der Waals surface area contributed by atoms with E-state index >= 15 is 0 Å². The number of nitrogens with zero attached hydrogens (tertiary/aromatic N) is 2. The quantitative estimate of drug-likeness (QED) is 0.159. The van der Waals surface area contributed by atoms with Gasteiger partial charge in [0, 0.05) is 33.5 Å². The normalized spacial score (nSPS) is 12.7. The number of benzene rings is 9. The fourth-order valence-corrected chi connectivity index (χ4v) is 9.50. The first-order valence-electron chi connectivity index (χ1n) is 19.7. The van der Waals surface area contributed by atoms with E-state index in [0.717, 1.165) is 22.7 Å². The van der Waals surface area contributed by atoms with Crippen molar-refractivity contribution in [2.45, 2.75) is 5.41 Å². The van der Waals surface area contributed by atoms with Gasteiger partial charge in [-0.15, -0.1) is 0 Å². The lowest BCUT2D eigenvalue weighted by molar-refractivity contribution is 0.768. The summed E-state index contributed by atoms with van der Waals surface area (Å²) in [5.74, 6) is 0. The SMILES string of the molecule is c1ccc(N(c2ccc(-c3cccc4c3-c3ccccc3C4(c3ccccc3)c3ccccc3)cc2)c2ccc3c4ccccc4n(-c4ccccc4)c3c2)cc1. The van der Waals surface area contributed by atoms with E-state index in [1.54, 1.807) is 0 Å². The van der Waals surface area contributed by atoms with E-state index in [9.17, 15) is 0 Å². The number of aromatic nitrogens is 1. The third-order valence-electron chi connectivity index (χ3n) is 11.9. The lowest BCUT2D eigenvalue weighted by Crippen LogP contribution is -2.28. The second kappa shape index (κ2) is 13.4. The highest BCUT2D eigenvalue weighted by Crippen LogP contribution is 2.58. The van der Waals surface area contributed by atoms with Crippen LogP contribution >= 0.6 is 0 Å². The molecule has 57 heavy (non-hydrogen) atoms. The molecular formula is C55H38N2. The van der Waals surface area contributed by atoms with Gasteiger partial charge in [0.05, 0.1) is 16.4 Å². The Bertz CT molecular complexity index is 3000. The molecule has 1 aliphatic carbocycles. The van der Waals surface area contributed by atoms with Crippen LogP contribution in [0, 0.1) is 0 Å². The summed E-state index contributed by atoms with van der Waals surface area (Å²) in [7, 11) is 0. The molecule has 268 valence electrons. The van der Waals surface area contributed by atoms with Gasteiger partial charge in [0.1, 0.15) is 0 Å². The minimum atomic E-state index is -0.435. The second-order valence-corrected chi connectivity index (χ2v) is 14.9. The van der Waals surface area contributed by atoms with Gasteiger partial charge in [-0.2, -0.15) is 0 Å². The molecule has 1 aliphatic rings. The minimum Gasteiger partial charge on any atom is -0.310 e. The van der Waals surface area contributed by atoms with Crippen LogP contribution in [0.4, 0.5) is 17.1 Å². The molecule has 0 N–H and O–H groups in total. The van der Waals surface area contributed by atoms with Crippen LogP contribution in [-0.2, 0) is 5.41 Å². The lowest BCUT2D eigenvalue weighted by Gasteiger charge is -2.34. The van der Waals surface area contributed by atoms with E-state index < -0.39 is 5.41 Å². The predicted octanol–water partition coefficient (Wildman–Crippen LogP) is 14.3. The van der Waals surface area contributed by atoms with Crippen LogP contribution in [0.5, 0.6) is 0 Å². The van der Waals surface area contributed by atoms with E-state index in [4.69, 9.17) is 0 Å². The number of anilines is 3. The molecule has 1 aromatic heterocycles. The van der Waals surface area contributed by atoms with Crippen molar-refractivity contribution < 1.29 is 0 Å². The molecule has 0 bridgehead atoms. The zero-order chi connectivity index (χ0) is 37.8. The fourth-order valence-electron chi connectivity index (χ4n) is 9.50. The maximum absolute atomic E-state index is 2.39. The van der Waals surface area contributed by atoms with Gasteiger partial charge in [-0.1, -0.05) is 176 Å². The molecule has 2 nitrogen and oxygen atoms in total. The first kappa shape index (κ1) is 33.0. The third-order valence-corrected chi connectivity index (χ3v) is 11.9. The first-order valence-corrected chi connectivity index (χ1v) is 19.7. The largest absolute Gasteiger partial charge is 0.310 e. The van der Waals surface area contributed by atoms with Crippen molar-refractivity contribution in [1.82, 2.24) is 4.57 Å². The number of para-hydroxylation sites is 3. The molecule has 10 aromatic rings. The Labute approximate surface area is 333 Å². The Morgan fingerprint density at radius 1 is 0.351 bits per heavy atom. The van der Waals surface area contributed by atoms with Crippen LogP contribution in [0.25, 0.3) is 49.7 Å². The highest BCUT2D eigenvalue weighted by Gasteiger charge is 2.46. The van der Waals surface area contributed by atoms with Crippen molar-refractivity contribution in [3.05, 3.63) is 253 Å². The standard InChI is InChI=1S/C55H38N2/c1-5-18-40(19-6-1)55(41-20-7-2-8-21-41)50-29-15-13-27-49(50)54-46(28-17-30-51(54)55)39-32-34-44(35-33-39)56(42-22-9-3-10-23-42)45-36-37-48-47-26-14-16-31-52(47)57(53(48)38-45)43-24-11-4-12-25-43/h1-38H. The summed E-state index contributed by atoms with van der Waals surface area (Å²) in [6.45, 7) is 0. The van der Waals surface area contributed by atoms with Crippen molar-refractivity contribution in [3.63, 3.8) is 0 Å². The lowest BCUT2D eigenvalue weighted by atomic mass is 9.67. The molecule has 2 heteroatoms. The average molecular weight is 727 g/mol. The van der Waals surface area contributed by atoms with E-state index in [1.807, 2.05) is 0 Å². The van der Waals surface area contributed by atoms with Gasteiger partial charge in [-0.25, -0.2) is 0 Å². The smallest absolute Gasteiger partial charge is 0.0713 e. The molecule has 0 atom stereocenters. The summed E-state index contributed by atoms with van der Waals surface area (Å²) in [6.07, 6.45) is 0. The number of fused-ring (bicyclic) bond motifs is 6. The van der Waals surface area contributed by atoms with Gasteiger partial charge in [-0.3, -0.25) is 0 Å². The summed E-state index contributed by atoms with van der Waals surface area (Å²) < 4.78 is 2.39. The Hall–Kier alpha value is -7.42. The first-order chi connectivity index (χ1) is 28.3. The Kier molecular flexibility index (Phi) is 7.75. The molecule has 11 rings (SSSR count). The Morgan fingerprint density at radius 2 is 0.877 bits per heavy atom. The molecule has 9 aromatic carbocycles. The maximum Gasteiger partial charge on any atom is 0.0713 e. The van der Waals surface area contributed by atoms with Crippen molar-refractivity contribution in [3.8, 4) is 27.9 Å². The summed E-state index contributed by atoms with van der Waals surface area (Å²) in [5, 5.41) is 2.49. The van der Waals surface area contributed by atoms with Gasteiger partial charge >= 0.3 is 0 Å². The zero-order valence-electron chi connectivity index (χ0n) is 31.3. The summed E-state index contributed by atoms with van der Waals surface area (Å²) >= 11 is 0. The van der Waals surface area contributed by atoms with Crippen molar-refractivity contribution >= 4 is 38.9 Å². The summed E-state index contributed by atoms with van der Waals surface area (Å²) in [4.78, 5) is 2.37. The van der Waals surface area contributed by atoms with Crippen LogP contribution in [0.3, 0.4) is 0 Å². The summed E-state index contributed by atoms with van der Waals surface area (Å²) in [6, 6.07) is 84.1. The Balaban J connectivity index is 1.08. The number of hydrogen-bond acceptors (Lipinski definition) is 1. The van der Waals surface area contributed by atoms with Crippen LogP contribution in [0.15, 0.2) is 231 Å². The molecule has 0 radical (unpaired) electrons. The number of hydrogen-bond donors (Lipinski definition) is 0. The Morgan fingerprint density at radius 3 is 1.60 bits per heavy atom. The van der Waals surface area contributed by atoms with Gasteiger partial charge in [0.2, 0.25) is 0 Å². The highest BCUT2D eigenvalue weighted by atomic mass is 15.1. The average Bonchev–Trinajstić information content (AvgIpc) is 3.79. The molecular weight excluding hydrogens is 689 g/mol. The van der Waals surface area contributed by atoms with Crippen LogP contribution in [0.2, 0.25) is 0 Å². The topological polar surface area (TPSA) is 8.17 Å². The monoisotopic (exact) mass is 726 g/mol. The molecule has 0 aliphatic heterocycles. The molecule has 0 unspecified atom stereocenters. The zero-order valence-corrected chi connectivity index (χ0v) is 31.3. The van der Waals surface area contributed by atoms with E-state index in [2.05, 4.69) is 240 Å². The van der Waals surface area contributed by atoms with Crippen LogP contribution < -0.4 is 4.90 Å². The van der Waals surface area contributed by atoms with Crippen molar-refractivity contribution in [2.24, 2.45) is 0 Å². The van der Waals surface area contributed by atoms with Crippen LogP contribution in [0.1, 0.15) is 22.3 Å². The molecule has 0 saturated carbocycles. The van der Waals surface area contributed by atoms with Gasteiger partial charge in [-0.05, 0) is 99.1 Å². The second-order valence-electron chi connectivity index (χ2n) is 14.9. The molecule has 0 fully saturated rings.